The predicted molar refractivity (Wildman–Crippen MR) is 84.1 cm³/mol. The molecule has 4 heteroatoms. The lowest BCUT2D eigenvalue weighted by Gasteiger charge is -2.20. The molecule has 0 rings (SSSR count). The van der Waals surface area contributed by atoms with Crippen molar-refractivity contribution in [1.82, 2.24) is 0 Å². The van der Waals surface area contributed by atoms with Gasteiger partial charge in [-0.15, -0.1) is 0 Å². The summed E-state index contributed by atoms with van der Waals surface area (Å²) in [5.74, 6) is -1.47. The highest BCUT2D eigenvalue weighted by molar-refractivity contribution is 5.90. The van der Waals surface area contributed by atoms with Gasteiger partial charge in [0.05, 0.1) is 0 Å². The summed E-state index contributed by atoms with van der Waals surface area (Å²) in [6, 6.07) is 0. The maximum absolute atomic E-state index is 11.5. The van der Waals surface area contributed by atoms with Crippen LogP contribution in [0.15, 0.2) is 12.2 Å². The van der Waals surface area contributed by atoms with Crippen molar-refractivity contribution in [1.29, 1.82) is 0 Å². The summed E-state index contributed by atoms with van der Waals surface area (Å²) in [7, 11) is 0. The van der Waals surface area contributed by atoms with Crippen LogP contribution < -0.4 is 0 Å². The Morgan fingerprint density at radius 3 is 2.10 bits per heavy atom. The van der Waals surface area contributed by atoms with Crippen LogP contribution >= 0.6 is 0 Å². The fourth-order valence-electron chi connectivity index (χ4n) is 2.16. The first-order valence-electron chi connectivity index (χ1n) is 8.09. The Morgan fingerprint density at radius 2 is 1.57 bits per heavy atom. The SMILES string of the molecule is CCCCCCCCCC(OC(=O)C=CC(=O)O)C(C)C. The fraction of sp³-hybridized carbons (Fsp3) is 0.765. The summed E-state index contributed by atoms with van der Waals surface area (Å²) in [4.78, 5) is 21.8. The van der Waals surface area contributed by atoms with Crippen molar-refractivity contribution in [3.8, 4) is 0 Å². The highest BCUT2D eigenvalue weighted by Crippen LogP contribution is 2.17. The third-order valence-electron chi connectivity index (χ3n) is 3.47. The van der Waals surface area contributed by atoms with Crippen molar-refractivity contribution in [2.24, 2.45) is 5.92 Å². The third-order valence-corrected chi connectivity index (χ3v) is 3.47. The summed E-state index contributed by atoms with van der Waals surface area (Å²) in [5, 5.41) is 8.47. The number of esters is 1. The molecule has 21 heavy (non-hydrogen) atoms. The molecule has 0 fully saturated rings. The van der Waals surface area contributed by atoms with Crippen LogP contribution in [0.3, 0.4) is 0 Å². The van der Waals surface area contributed by atoms with E-state index < -0.39 is 11.9 Å². The largest absolute Gasteiger partial charge is 0.478 e. The highest BCUT2D eigenvalue weighted by Gasteiger charge is 2.16. The lowest BCUT2D eigenvalue weighted by molar-refractivity contribution is -0.146. The van der Waals surface area contributed by atoms with Crippen LogP contribution in [0.4, 0.5) is 0 Å². The number of rotatable bonds is 12. The predicted octanol–water partition coefficient (Wildman–Crippen LogP) is 4.34. The first-order valence-corrected chi connectivity index (χ1v) is 8.09. The van der Waals surface area contributed by atoms with Gasteiger partial charge in [-0.25, -0.2) is 9.59 Å². The number of carbonyl (C=O) groups excluding carboxylic acids is 1. The third kappa shape index (κ3) is 12.2. The van der Waals surface area contributed by atoms with E-state index >= 15 is 0 Å². The molecular weight excluding hydrogens is 268 g/mol. The second-order valence-corrected chi connectivity index (χ2v) is 5.80. The Bertz CT molecular complexity index is 321. The molecule has 0 amide bonds. The first-order chi connectivity index (χ1) is 9.97. The van der Waals surface area contributed by atoms with Gasteiger partial charge < -0.3 is 9.84 Å². The number of unbranched alkanes of at least 4 members (excludes halogenated alkanes) is 6. The molecule has 0 spiro atoms. The molecule has 0 saturated carbocycles. The van der Waals surface area contributed by atoms with Gasteiger partial charge in [0, 0.05) is 12.2 Å². The molecule has 122 valence electrons. The molecule has 1 unspecified atom stereocenters. The molecule has 1 N–H and O–H groups in total. The summed E-state index contributed by atoms with van der Waals surface area (Å²) in [5.41, 5.74) is 0. The number of carbonyl (C=O) groups is 2. The van der Waals surface area contributed by atoms with Crippen LogP contribution in [0, 0.1) is 5.92 Å². The number of hydrogen-bond donors (Lipinski definition) is 1. The molecule has 0 aromatic heterocycles. The van der Waals surface area contributed by atoms with E-state index in [1.165, 1.54) is 32.1 Å². The Morgan fingerprint density at radius 1 is 1.00 bits per heavy atom. The minimum atomic E-state index is -1.14. The van der Waals surface area contributed by atoms with E-state index in [-0.39, 0.29) is 12.0 Å². The summed E-state index contributed by atoms with van der Waals surface area (Å²) < 4.78 is 5.32. The Balaban J connectivity index is 3.92. The average Bonchev–Trinajstić information content (AvgIpc) is 2.42. The maximum atomic E-state index is 11.5. The van der Waals surface area contributed by atoms with Crippen LogP contribution in [0.2, 0.25) is 0 Å². The van der Waals surface area contributed by atoms with Crippen molar-refractivity contribution >= 4 is 11.9 Å². The Hall–Kier alpha value is -1.32. The summed E-state index contributed by atoms with van der Waals surface area (Å²) in [6.07, 6.45) is 11.1. The van der Waals surface area contributed by atoms with Gasteiger partial charge in [0.15, 0.2) is 0 Å². The van der Waals surface area contributed by atoms with Gasteiger partial charge in [0.2, 0.25) is 0 Å². The topological polar surface area (TPSA) is 63.6 Å². The van der Waals surface area contributed by atoms with Gasteiger partial charge in [-0.2, -0.15) is 0 Å². The highest BCUT2D eigenvalue weighted by atomic mass is 16.5. The first kappa shape index (κ1) is 19.7. The standard InChI is InChI=1S/C17H30O4/c1-4-5-6-7-8-9-10-11-15(14(2)3)21-17(20)13-12-16(18)19/h12-15H,4-11H2,1-3H3,(H,18,19). The van der Waals surface area contributed by atoms with E-state index in [1.54, 1.807) is 0 Å². The summed E-state index contributed by atoms with van der Waals surface area (Å²) >= 11 is 0. The molecule has 0 aliphatic heterocycles. The lowest BCUT2D eigenvalue weighted by Crippen LogP contribution is -2.22. The monoisotopic (exact) mass is 298 g/mol. The molecule has 0 aromatic carbocycles. The van der Waals surface area contributed by atoms with Gasteiger partial charge in [-0.1, -0.05) is 59.3 Å². The van der Waals surface area contributed by atoms with E-state index in [2.05, 4.69) is 6.92 Å². The van der Waals surface area contributed by atoms with Crippen LogP contribution in [0.25, 0.3) is 0 Å². The molecule has 0 radical (unpaired) electrons. The second-order valence-electron chi connectivity index (χ2n) is 5.80. The zero-order valence-corrected chi connectivity index (χ0v) is 13.6. The molecule has 0 aliphatic carbocycles. The Labute approximate surface area is 128 Å². The van der Waals surface area contributed by atoms with E-state index in [0.717, 1.165) is 31.4 Å². The van der Waals surface area contributed by atoms with Crippen LogP contribution in [-0.4, -0.2) is 23.1 Å². The van der Waals surface area contributed by atoms with Gasteiger partial charge in [0.1, 0.15) is 6.10 Å². The number of carboxylic acid groups (broad SMARTS) is 1. The molecular formula is C17H30O4. The number of ether oxygens (including phenoxy) is 1. The molecule has 0 bridgehead atoms. The van der Waals surface area contributed by atoms with Crippen molar-refractivity contribution in [2.45, 2.75) is 78.2 Å². The number of carboxylic acids is 1. The maximum Gasteiger partial charge on any atom is 0.331 e. The van der Waals surface area contributed by atoms with Crippen molar-refractivity contribution < 1.29 is 19.4 Å². The van der Waals surface area contributed by atoms with Crippen molar-refractivity contribution in [3.05, 3.63) is 12.2 Å². The van der Waals surface area contributed by atoms with E-state index in [4.69, 9.17) is 9.84 Å². The van der Waals surface area contributed by atoms with Gasteiger partial charge in [-0.3, -0.25) is 0 Å². The lowest BCUT2D eigenvalue weighted by atomic mass is 9.99. The quantitative estimate of drug-likeness (QED) is 0.331. The minimum absolute atomic E-state index is 0.133. The molecule has 1 atom stereocenters. The fourth-order valence-corrected chi connectivity index (χ4v) is 2.16. The van der Waals surface area contributed by atoms with Crippen LogP contribution in [-0.2, 0) is 14.3 Å². The second kappa shape index (κ2) is 12.4. The smallest absolute Gasteiger partial charge is 0.331 e. The molecule has 0 saturated heterocycles. The zero-order chi connectivity index (χ0) is 16.1. The van der Waals surface area contributed by atoms with Crippen LogP contribution in [0.5, 0.6) is 0 Å². The van der Waals surface area contributed by atoms with E-state index in [9.17, 15) is 9.59 Å². The number of aliphatic carboxylic acids is 1. The van der Waals surface area contributed by atoms with Gasteiger partial charge in [-0.05, 0) is 18.8 Å². The van der Waals surface area contributed by atoms with Crippen molar-refractivity contribution in [3.63, 3.8) is 0 Å². The number of hydrogen-bond acceptors (Lipinski definition) is 3. The molecule has 0 aliphatic rings. The molecule has 0 heterocycles. The average molecular weight is 298 g/mol. The summed E-state index contributed by atoms with van der Waals surface area (Å²) in [6.45, 7) is 6.24. The molecule has 4 nitrogen and oxygen atoms in total. The van der Waals surface area contributed by atoms with Gasteiger partial charge >= 0.3 is 11.9 Å². The Kier molecular flexibility index (Phi) is 11.6. The van der Waals surface area contributed by atoms with Gasteiger partial charge in [0.25, 0.3) is 0 Å². The van der Waals surface area contributed by atoms with E-state index in [0.29, 0.717) is 0 Å². The van der Waals surface area contributed by atoms with Crippen molar-refractivity contribution in [2.75, 3.05) is 0 Å². The van der Waals surface area contributed by atoms with E-state index in [1.807, 2.05) is 13.8 Å². The molecule has 0 aromatic rings. The minimum Gasteiger partial charge on any atom is -0.478 e. The van der Waals surface area contributed by atoms with Crippen LogP contribution in [0.1, 0.15) is 72.1 Å². The normalized spacial score (nSPS) is 12.8. The zero-order valence-electron chi connectivity index (χ0n) is 13.6.